The Hall–Kier alpha value is -3.75. The first-order valence-corrected chi connectivity index (χ1v) is 8.80. The molecular weight excluding hydrogens is 360 g/mol. The second kappa shape index (κ2) is 6.76. The molecule has 0 fully saturated rings. The number of nitrogens with one attached hydrogen (secondary N) is 1. The molecule has 3 aromatic heterocycles. The molecule has 4 rings (SSSR count). The number of pyridine rings is 1. The molecule has 1 amide bonds. The van der Waals surface area contributed by atoms with Crippen LogP contribution in [0, 0.1) is 0 Å². The summed E-state index contributed by atoms with van der Waals surface area (Å²) in [6.45, 7) is 2.26. The van der Waals surface area contributed by atoms with Crippen LogP contribution in [-0.4, -0.2) is 42.0 Å². The lowest BCUT2D eigenvalue weighted by atomic mass is 10.1. The largest absolute Gasteiger partial charge is 0.334 e. The summed E-state index contributed by atoms with van der Waals surface area (Å²) in [7, 11) is 1.66. The normalized spacial score (nSPS) is 11.2. The summed E-state index contributed by atoms with van der Waals surface area (Å²) in [5.74, 6) is 0.376. The van der Waals surface area contributed by atoms with Gasteiger partial charge < -0.3 is 9.88 Å². The van der Waals surface area contributed by atoms with Crippen molar-refractivity contribution in [3.8, 4) is 0 Å². The smallest absolute Gasteiger partial charge is 0.328 e. The van der Waals surface area contributed by atoms with Crippen LogP contribution in [0.3, 0.4) is 0 Å². The third-order valence-corrected chi connectivity index (χ3v) is 4.65. The maximum absolute atomic E-state index is 12.8. The summed E-state index contributed by atoms with van der Waals surface area (Å²) < 4.78 is 2.93. The Morgan fingerprint density at radius 2 is 2.00 bits per heavy atom. The van der Waals surface area contributed by atoms with E-state index < -0.39 is 5.69 Å². The molecule has 9 heteroatoms. The molecule has 0 saturated carbocycles. The number of aromatic amines is 1. The topological polar surface area (TPSA) is 105 Å². The van der Waals surface area contributed by atoms with Crippen molar-refractivity contribution < 1.29 is 4.79 Å². The monoisotopic (exact) mass is 378 g/mol. The fraction of sp³-hybridized carbons (Fsp3) is 0.211. The van der Waals surface area contributed by atoms with Crippen LogP contribution < -0.4 is 11.2 Å². The van der Waals surface area contributed by atoms with Gasteiger partial charge in [-0.05, 0) is 37.3 Å². The number of hydrogen-bond donors (Lipinski definition) is 1. The van der Waals surface area contributed by atoms with Crippen molar-refractivity contribution >= 4 is 22.5 Å². The second-order valence-corrected chi connectivity index (χ2v) is 6.45. The molecule has 0 unspecified atom stereocenters. The van der Waals surface area contributed by atoms with Gasteiger partial charge in [0.05, 0.1) is 17.4 Å². The highest BCUT2D eigenvalue weighted by Gasteiger charge is 2.16. The van der Waals surface area contributed by atoms with Crippen LogP contribution in [0.15, 0.2) is 52.2 Å². The first-order chi connectivity index (χ1) is 13.5. The molecule has 4 aromatic rings. The maximum Gasteiger partial charge on any atom is 0.328 e. The predicted octanol–water partition coefficient (Wildman–Crippen LogP) is 1.02. The summed E-state index contributed by atoms with van der Waals surface area (Å²) in [6, 6.07) is 10.2. The number of hydrogen-bond acceptors (Lipinski definition) is 5. The van der Waals surface area contributed by atoms with E-state index in [1.807, 2.05) is 28.8 Å². The van der Waals surface area contributed by atoms with Crippen molar-refractivity contribution in [2.24, 2.45) is 0 Å². The Labute approximate surface area is 158 Å². The first kappa shape index (κ1) is 17.7. The van der Waals surface area contributed by atoms with E-state index in [1.165, 1.54) is 11.0 Å². The van der Waals surface area contributed by atoms with Gasteiger partial charge in [-0.15, -0.1) is 10.2 Å². The number of H-pyrrole nitrogens is 1. The van der Waals surface area contributed by atoms with Crippen molar-refractivity contribution in [2.75, 3.05) is 7.05 Å². The zero-order chi connectivity index (χ0) is 19.8. The van der Waals surface area contributed by atoms with E-state index >= 15 is 0 Å². The minimum atomic E-state index is -0.493. The fourth-order valence-electron chi connectivity index (χ4n) is 3.18. The van der Waals surface area contributed by atoms with Crippen LogP contribution in [0.25, 0.3) is 16.6 Å². The number of fused-ring (bicyclic) bond motifs is 2. The Bertz CT molecular complexity index is 1320. The number of nitrogens with zero attached hydrogens (tertiary/aromatic N) is 5. The SMILES string of the molecule is CCn1c(=O)[nH]c2cc(C(=O)N(C)Cc3nnc4ccccn34)ccc2c1=O. The van der Waals surface area contributed by atoms with E-state index in [9.17, 15) is 14.4 Å². The summed E-state index contributed by atoms with van der Waals surface area (Å²) >= 11 is 0. The van der Waals surface area contributed by atoms with E-state index in [0.717, 1.165) is 4.57 Å². The van der Waals surface area contributed by atoms with Gasteiger partial charge in [0.25, 0.3) is 11.5 Å². The lowest BCUT2D eigenvalue weighted by Gasteiger charge is -2.16. The molecule has 28 heavy (non-hydrogen) atoms. The summed E-state index contributed by atoms with van der Waals surface area (Å²) in [5.41, 5.74) is 0.547. The van der Waals surface area contributed by atoms with Gasteiger partial charge in [0, 0.05) is 25.4 Å². The third kappa shape index (κ3) is 2.86. The molecule has 3 heterocycles. The van der Waals surface area contributed by atoms with Crippen LogP contribution in [0.4, 0.5) is 0 Å². The average Bonchev–Trinajstić information content (AvgIpc) is 3.10. The van der Waals surface area contributed by atoms with Crippen molar-refractivity contribution in [1.29, 1.82) is 0 Å². The van der Waals surface area contributed by atoms with Gasteiger partial charge >= 0.3 is 5.69 Å². The summed E-state index contributed by atoms with van der Waals surface area (Å²) in [5, 5.41) is 8.57. The fourth-order valence-corrected chi connectivity index (χ4v) is 3.18. The minimum Gasteiger partial charge on any atom is -0.334 e. The molecule has 1 N–H and O–H groups in total. The highest BCUT2D eigenvalue weighted by molar-refractivity contribution is 5.97. The number of aromatic nitrogens is 5. The molecule has 0 saturated heterocycles. The molecule has 0 radical (unpaired) electrons. The Kier molecular flexibility index (Phi) is 4.26. The molecule has 0 bridgehead atoms. The standard InChI is InChI=1S/C19H18N6O3/c1-3-24-18(27)13-8-7-12(10-14(13)20-19(24)28)17(26)23(2)11-16-22-21-15-6-4-5-9-25(15)16/h4-10H,3,11H2,1-2H3,(H,20,28). The number of carbonyl (C=O) groups excluding carboxylic acids is 1. The van der Waals surface area contributed by atoms with Gasteiger partial charge in [-0.3, -0.25) is 18.6 Å². The Morgan fingerprint density at radius 3 is 2.79 bits per heavy atom. The number of carbonyl (C=O) groups is 1. The molecule has 9 nitrogen and oxygen atoms in total. The molecule has 142 valence electrons. The van der Waals surface area contributed by atoms with Gasteiger partial charge in [-0.2, -0.15) is 0 Å². The van der Waals surface area contributed by atoms with Gasteiger partial charge in [0.1, 0.15) is 0 Å². The molecule has 0 atom stereocenters. The van der Waals surface area contributed by atoms with Crippen LogP contribution in [0.1, 0.15) is 23.1 Å². The molecular formula is C19H18N6O3. The van der Waals surface area contributed by atoms with E-state index in [2.05, 4.69) is 15.2 Å². The molecule has 0 aliphatic heterocycles. The highest BCUT2D eigenvalue weighted by atomic mass is 16.2. The maximum atomic E-state index is 12.8. The predicted molar refractivity (Wildman–Crippen MR) is 103 cm³/mol. The summed E-state index contributed by atoms with van der Waals surface area (Å²) in [6.07, 6.45) is 1.84. The van der Waals surface area contributed by atoms with Crippen molar-refractivity contribution in [3.63, 3.8) is 0 Å². The van der Waals surface area contributed by atoms with Crippen LogP contribution in [-0.2, 0) is 13.1 Å². The van der Waals surface area contributed by atoms with Gasteiger partial charge in [-0.25, -0.2) is 4.79 Å². The molecule has 1 aromatic carbocycles. The first-order valence-electron chi connectivity index (χ1n) is 8.80. The lowest BCUT2D eigenvalue weighted by Crippen LogP contribution is -2.34. The van der Waals surface area contributed by atoms with Gasteiger partial charge in [-0.1, -0.05) is 6.07 Å². The summed E-state index contributed by atoms with van der Waals surface area (Å²) in [4.78, 5) is 41.4. The quantitative estimate of drug-likeness (QED) is 0.571. The van der Waals surface area contributed by atoms with Crippen LogP contribution in [0.5, 0.6) is 0 Å². The second-order valence-electron chi connectivity index (χ2n) is 6.45. The third-order valence-electron chi connectivity index (χ3n) is 4.65. The van der Waals surface area contributed by atoms with E-state index in [-0.39, 0.29) is 24.6 Å². The van der Waals surface area contributed by atoms with Crippen LogP contribution >= 0.6 is 0 Å². The van der Waals surface area contributed by atoms with E-state index in [1.54, 1.807) is 26.1 Å². The van der Waals surface area contributed by atoms with Crippen molar-refractivity contribution in [3.05, 3.63) is 74.8 Å². The van der Waals surface area contributed by atoms with E-state index in [4.69, 9.17) is 0 Å². The highest BCUT2D eigenvalue weighted by Crippen LogP contribution is 2.13. The Morgan fingerprint density at radius 1 is 1.18 bits per heavy atom. The zero-order valence-electron chi connectivity index (χ0n) is 15.4. The average molecular weight is 378 g/mol. The number of benzene rings is 1. The lowest BCUT2D eigenvalue weighted by molar-refractivity contribution is 0.0781. The Balaban J connectivity index is 1.66. The van der Waals surface area contributed by atoms with Crippen molar-refractivity contribution in [1.82, 2.24) is 29.0 Å². The minimum absolute atomic E-state index is 0.255. The number of amides is 1. The van der Waals surface area contributed by atoms with Crippen LogP contribution in [0.2, 0.25) is 0 Å². The molecule has 0 spiro atoms. The van der Waals surface area contributed by atoms with Gasteiger partial charge in [0.2, 0.25) is 0 Å². The zero-order valence-corrected chi connectivity index (χ0v) is 15.4. The number of rotatable bonds is 4. The van der Waals surface area contributed by atoms with Crippen molar-refractivity contribution in [2.45, 2.75) is 20.0 Å². The van der Waals surface area contributed by atoms with Gasteiger partial charge in [0.15, 0.2) is 11.5 Å². The molecule has 0 aliphatic rings. The molecule has 0 aliphatic carbocycles. The van der Waals surface area contributed by atoms with E-state index in [0.29, 0.717) is 27.9 Å².